The van der Waals surface area contributed by atoms with Gasteiger partial charge in [-0.2, -0.15) is 4.39 Å². The zero-order valence-corrected chi connectivity index (χ0v) is 10.9. The second kappa shape index (κ2) is 6.47. The van der Waals surface area contributed by atoms with Crippen molar-refractivity contribution < 1.29 is 18.3 Å². The Kier molecular flexibility index (Phi) is 5.25. The van der Waals surface area contributed by atoms with Crippen LogP contribution in [0.2, 0.25) is 0 Å². The molecular formula is C14H18F2O2. The lowest BCUT2D eigenvalue weighted by Gasteiger charge is -2.10. The van der Waals surface area contributed by atoms with E-state index >= 15 is 0 Å². The highest BCUT2D eigenvalue weighted by molar-refractivity contribution is 5.96. The second-order valence-electron chi connectivity index (χ2n) is 4.58. The highest BCUT2D eigenvalue weighted by Crippen LogP contribution is 2.23. The minimum absolute atomic E-state index is 0.149. The van der Waals surface area contributed by atoms with Crippen molar-refractivity contribution in [2.75, 3.05) is 6.61 Å². The van der Waals surface area contributed by atoms with E-state index in [2.05, 4.69) is 0 Å². The molecule has 0 unspecified atom stereocenters. The zero-order chi connectivity index (χ0) is 13.7. The van der Waals surface area contributed by atoms with Crippen LogP contribution in [0.15, 0.2) is 12.1 Å². The van der Waals surface area contributed by atoms with Crippen LogP contribution in [0.25, 0.3) is 0 Å². The molecule has 0 saturated heterocycles. The van der Waals surface area contributed by atoms with Gasteiger partial charge in [-0.25, -0.2) is 4.39 Å². The van der Waals surface area contributed by atoms with E-state index in [4.69, 9.17) is 4.74 Å². The summed E-state index contributed by atoms with van der Waals surface area (Å²) in [4.78, 5) is 11.5. The second-order valence-corrected chi connectivity index (χ2v) is 4.58. The Balaban J connectivity index is 2.89. The predicted molar refractivity (Wildman–Crippen MR) is 65.9 cm³/mol. The highest BCUT2D eigenvalue weighted by Gasteiger charge is 2.15. The van der Waals surface area contributed by atoms with E-state index < -0.39 is 11.6 Å². The smallest absolute Gasteiger partial charge is 0.200 e. The maximum Gasteiger partial charge on any atom is 0.200 e. The summed E-state index contributed by atoms with van der Waals surface area (Å²) >= 11 is 0. The minimum atomic E-state index is -1.05. The molecule has 0 heterocycles. The molecule has 0 atom stereocenters. The van der Waals surface area contributed by atoms with Gasteiger partial charge in [-0.1, -0.05) is 20.8 Å². The third-order valence-corrected chi connectivity index (χ3v) is 2.59. The lowest BCUT2D eigenvalue weighted by atomic mass is 10.1. The Labute approximate surface area is 106 Å². The third kappa shape index (κ3) is 3.79. The molecule has 1 aromatic carbocycles. The first-order valence-electron chi connectivity index (χ1n) is 6.10. The van der Waals surface area contributed by atoms with Crippen LogP contribution < -0.4 is 4.74 Å². The molecular weight excluding hydrogens is 238 g/mol. The summed E-state index contributed by atoms with van der Waals surface area (Å²) in [6.45, 7) is 6.00. The average Bonchev–Trinajstić information content (AvgIpc) is 2.32. The molecule has 0 amide bonds. The predicted octanol–water partition coefficient (Wildman–Crippen LogP) is 3.98. The first-order chi connectivity index (χ1) is 8.45. The molecule has 4 heteroatoms. The van der Waals surface area contributed by atoms with E-state index in [0.717, 1.165) is 12.5 Å². The SMILES string of the molecule is CCC(=O)c1cc(F)c(F)c(OCCC(C)C)c1. The van der Waals surface area contributed by atoms with Gasteiger partial charge in [0.15, 0.2) is 17.3 Å². The molecule has 1 aromatic rings. The molecule has 2 nitrogen and oxygen atoms in total. The van der Waals surface area contributed by atoms with Gasteiger partial charge in [-0.15, -0.1) is 0 Å². The van der Waals surface area contributed by atoms with Gasteiger partial charge >= 0.3 is 0 Å². The van der Waals surface area contributed by atoms with Crippen LogP contribution >= 0.6 is 0 Å². The van der Waals surface area contributed by atoms with Crippen LogP contribution in [0, 0.1) is 17.6 Å². The Morgan fingerprint density at radius 3 is 2.56 bits per heavy atom. The summed E-state index contributed by atoms with van der Waals surface area (Å²) in [5.41, 5.74) is 0.149. The van der Waals surface area contributed by atoms with E-state index in [-0.39, 0.29) is 23.5 Å². The average molecular weight is 256 g/mol. The van der Waals surface area contributed by atoms with E-state index in [1.165, 1.54) is 6.07 Å². The van der Waals surface area contributed by atoms with E-state index in [9.17, 15) is 13.6 Å². The van der Waals surface area contributed by atoms with Crippen LogP contribution in [0.4, 0.5) is 8.78 Å². The molecule has 100 valence electrons. The number of halogens is 2. The largest absolute Gasteiger partial charge is 0.490 e. The summed E-state index contributed by atoms with van der Waals surface area (Å²) in [5.74, 6) is -2.09. The monoisotopic (exact) mass is 256 g/mol. The minimum Gasteiger partial charge on any atom is -0.490 e. The number of ether oxygens (including phenoxy) is 1. The number of Topliss-reactive ketones (excluding diaryl/α,β-unsaturated/α-hetero) is 1. The Morgan fingerprint density at radius 2 is 2.00 bits per heavy atom. The fourth-order valence-electron chi connectivity index (χ4n) is 1.44. The fraction of sp³-hybridized carbons (Fsp3) is 0.500. The normalized spacial score (nSPS) is 10.8. The Morgan fingerprint density at radius 1 is 1.33 bits per heavy atom. The number of rotatable bonds is 6. The Bertz CT molecular complexity index is 428. The van der Waals surface area contributed by atoms with Crippen LogP contribution in [0.1, 0.15) is 44.0 Å². The maximum absolute atomic E-state index is 13.5. The number of hydrogen-bond acceptors (Lipinski definition) is 2. The van der Waals surface area contributed by atoms with Gasteiger partial charge in [0.2, 0.25) is 5.82 Å². The van der Waals surface area contributed by atoms with Gasteiger partial charge < -0.3 is 4.74 Å². The summed E-state index contributed by atoms with van der Waals surface area (Å²) < 4.78 is 32.0. The van der Waals surface area contributed by atoms with Crippen molar-refractivity contribution in [3.05, 3.63) is 29.3 Å². The molecule has 1 rings (SSSR count). The lowest BCUT2D eigenvalue weighted by molar-refractivity contribution is 0.0987. The van der Waals surface area contributed by atoms with Crippen molar-refractivity contribution in [3.63, 3.8) is 0 Å². The molecule has 0 aliphatic carbocycles. The van der Waals surface area contributed by atoms with Gasteiger partial charge in [0, 0.05) is 12.0 Å². The maximum atomic E-state index is 13.5. The molecule has 0 aromatic heterocycles. The molecule has 0 aliphatic heterocycles. The third-order valence-electron chi connectivity index (χ3n) is 2.59. The number of ketones is 1. The van der Waals surface area contributed by atoms with Gasteiger partial charge in [0.05, 0.1) is 6.61 Å². The zero-order valence-electron chi connectivity index (χ0n) is 10.9. The van der Waals surface area contributed by atoms with E-state index in [1.807, 2.05) is 13.8 Å². The van der Waals surface area contributed by atoms with Crippen LogP contribution in [-0.2, 0) is 0 Å². The number of carbonyl (C=O) groups is 1. The quantitative estimate of drug-likeness (QED) is 0.719. The van der Waals surface area contributed by atoms with E-state index in [1.54, 1.807) is 6.92 Å². The van der Waals surface area contributed by atoms with Crippen molar-refractivity contribution in [2.45, 2.75) is 33.6 Å². The topological polar surface area (TPSA) is 26.3 Å². The molecule has 0 N–H and O–H groups in total. The van der Waals surface area contributed by atoms with Crippen molar-refractivity contribution in [1.82, 2.24) is 0 Å². The number of carbonyl (C=O) groups excluding carboxylic acids is 1. The van der Waals surface area contributed by atoms with Crippen LogP contribution in [0.5, 0.6) is 5.75 Å². The number of benzene rings is 1. The molecule has 18 heavy (non-hydrogen) atoms. The summed E-state index contributed by atoms with van der Waals surface area (Å²) in [6.07, 6.45) is 0.990. The summed E-state index contributed by atoms with van der Waals surface area (Å²) in [7, 11) is 0. The highest BCUT2D eigenvalue weighted by atomic mass is 19.2. The first-order valence-corrected chi connectivity index (χ1v) is 6.10. The van der Waals surface area contributed by atoms with Gasteiger partial charge in [-0.05, 0) is 24.5 Å². The van der Waals surface area contributed by atoms with Crippen molar-refractivity contribution in [3.8, 4) is 5.75 Å². The molecule has 0 fully saturated rings. The molecule has 0 bridgehead atoms. The molecule has 0 radical (unpaired) electrons. The fourth-order valence-corrected chi connectivity index (χ4v) is 1.44. The van der Waals surface area contributed by atoms with Gasteiger partial charge in [-0.3, -0.25) is 4.79 Å². The van der Waals surface area contributed by atoms with Crippen LogP contribution in [0.3, 0.4) is 0 Å². The summed E-state index contributed by atoms with van der Waals surface area (Å²) in [5, 5.41) is 0. The standard InChI is InChI=1S/C14H18F2O2/c1-4-12(17)10-7-11(15)14(16)13(8-10)18-6-5-9(2)3/h7-9H,4-6H2,1-3H3. The Hall–Kier alpha value is -1.45. The molecule has 0 aliphatic rings. The molecule has 0 saturated carbocycles. The van der Waals surface area contributed by atoms with Crippen molar-refractivity contribution >= 4 is 5.78 Å². The first kappa shape index (κ1) is 14.6. The summed E-state index contributed by atoms with van der Waals surface area (Å²) in [6, 6.07) is 2.18. The van der Waals surface area contributed by atoms with Gasteiger partial charge in [0.1, 0.15) is 0 Å². The lowest BCUT2D eigenvalue weighted by Crippen LogP contribution is -2.06. The number of hydrogen-bond donors (Lipinski definition) is 0. The van der Waals surface area contributed by atoms with Crippen molar-refractivity contribution in [1.29, 1.82) is 0 Å². The van der Waals surface area contributed by atoms with Crippen LogP contribution in [-0.4, -0.2) is 12.4 Å². The van der Waals surface area contributed by atoms with E-state index in [0.29, 0.717) is 12.5 Å². The van der Waals surface area contributed by atoms with Gasteiger partial charge in [0.25, 0.3) is 0 Å². The molecule has 0 spiro atoms. The van der Waals surface area contributed by atoms with Crippen molar-refractivity contribution in [2.24, 2.45) is 5.92 Å².